The number of carbonyl (C=O) groups excluding carboxylic acids is 1. The molecule has 2 aliphatic rings. The second kappa shape index (κ2) is 5.81. The highest BCUT2D eigenvalue weighted by atomic mass is 16.6. The lowest BCUT2D eigenvalue weighted by atomic mass is 10.0. The molecule has 108 valence electrons. The summed E-state index contributed by atoms with van der Waals surface area (Å²) in [5.74, 6) is 0. The van der Waals surface area contributed by atoms with Gasteiger partial charge < -0.3 is 19.5 Å². The van der Waals surface area contributed by atoms with Gasteiger partial charge in [0.25, 0.3) is 0 Å². The van der Waals surface area contributed by atoms with Crippen LogP contribution in [0.1, 0.15) is 18.4 Å². The van der Waals surface area contributed by atoms with Gasteiger partial charge in [0.05, 0.1) is 18.8 Å². The van der Waals surface area contributed by atoms with Gasteiger partial charge in [-0.1, -0.05) is 30.3 Å². The van der Waals surface area contributed by atoms with E-state index in [4.69, 9.17) is 9.47 Å². The highest BCUT2D eigenvalue weighted by Crippen LogP contribution is 2.32. The molecular weight excluding hydrogens is 258 g/mol. The first-order chi connectivity index (χ1) is 9.78. The SMILES string of the molecule is O=C(OCc1ccccc1)N1CC[C@H]2C[C@@H]1[C@@H](CO)O2. The Labute approximate surface area is 118 Å². The molecular formula is C15H19NO4. The van der Waals surface area contributed by atoms with E-state index in [1.807, 2.05) is 30.3 Å². The summed E-state index contributed by atoms with van der Waals surface area (Å²) >= 11 is 0. The van der Waals surface area contributed by atoms with Crippen molar-refractivity contribution >= 4 is 6.09 Å². The smallest absolute Gasteiger partial charge is 0.410 e. The molecule has 1 aromatic carbocycles. The molecule has 1 N–H and O–H groups in total. The van der Waals surface area contributed by atoms with Crippen LogP contribution in [0.5, 0.6) is 0 Å². The van der Waals surface area contributed by atoms with Crippen molar-refractivity contribution in [3.05, 3.63) is 35.9 Å². The lowest BCUT2D eigenvalue weighted by Crippen LogP contribution is -2.48. The monoisotopic (exact) mass is 277 g/mol. The minimum absolute atomic E-state index is 0.0520. The quantitative estimate of drug-likeness (QED) is 0.910. The van der Waals surface area contributed by atoms with Gasteiger partial charge in [0, 0.05) is 6.54 Å². The van der Waals surface area contributed by atoms with E-state index in [-0.39, 0.29) is 37.6 Å². The van der Waals surface area contributed by atoms with Gasteiger partial charge in [0.2, 0.25) is 0 Å². The molecule has 2 fully saturated rings. The van der Waals surface area contributed by atoms with Crippen molar-refractivity contribution in [2.75, 3.05) is 13.2 Å². The zero-order chi connectivity index (χ0) is 13.9. The van der Waals surface area contributed by atoms with Crippen LogP contribution in [0.2, 0.25) is 0 Å². The number of likely N-dealkylation sites (tertiary alicyclic amines) is 1. The van der Waals surface area contributed by atoms with E-state index in [1.165, 1.54) is 0 Å². The van der Waals surface area contributed by atoms with Crippen LogP contribution in [0.3, 0.4) is 0 Å². The summed E-state index contributed by atoms with van der Waals surface area (Å²) in [7, 11) is 0. The molecule has 0 radical (unpaired) electrons. The van der Waals surface area contributed by atoms with Crippen LogP contribution in [0.25, 0.3) is 0 Å². The second-order valence-electron chi connectivity index (χ2n) is 5.30. The van der Waals surface area contributed by atoms with Crippen molar-refractivity contribution < 1.29 is 19.4 Å². The van der Waals surface area contributed by atoms with Gasteiger partial charge in [0.15, 0.2) is 0 Å². The molecule has 0 spiro atoms. The number of hydrogen-bond donors (Lipinski definition) is 1. The van der Waals surface area contributed by atoms with E-state index in [1.54, 1.807) is 4.90 Å². The number of piperidine rings is 1. The fourth-order valence-corrected chi connectivity index (χ4v) is 2.97. The van der Waals surface area contributed by atoms with Gasteiger partial charge in [-0.15, -0.1) is 0 Å². The van der Waals surface area contributed by atoms with E-state index in [9.17, 15) is 9.90 Å². The highest BCUT2D eigenvalue weighted by molar-refractivity contribution is 5.68. The van der Waals surface area contributed by atoms with E-state index in [2.05, 4.69) is 0 Å². The molecule has 0 aromatic heterocycles. The average molecular weight is 277 g/mol. The van der Waals surface area contributed by atoms with Gasteiger partial charge >= 0.3 is 6.09 Å². The Kier molecular flexibility index (Phi) is 3.89. The lowest BCUT2D eigenvalue weighted by Gasteiger charge is -2.32. The molecule has 20 heavy (non-hydrogen) atoms. The van der Waals surface area contributed by atoms with Gasteiger partial charge in [-0.05, 0) is 18.4 Å². The van der Waals surface area contributed by atoms with Crippen molar-refractivity contribution in [2.45, 2.75) is 37.7 Å². The molecule has 0 aliphatic carbocycles. The lowest BCUT2D eigenvalue weighted by molar-refractivity contribution is 0.00725. The summed E-state index contributed by atoms with van der Waals surface area (Å²) in [6, 6.07) is 9.56. The highest BCUT2D eigenvalue weighted by Gasteiger charge is 2.44. The summed E-state index contributed by atoms with van der Waals surface area (Å²) in [5, 5.41) is 9.32. The molecule has 0 saturated carbocycles. The molecule has 2 aliphatic heterocycles. The van der Waals surface area contributed by atoms with E-state index in [0.717, 1.165) is 18.4 Å². The molecule has 2 heterocycles. The summed E-state index contributed by atoms with van der Waals surface area (Å²) in [4.78, 5) is 13.9. The van der Waals surface area contributed by atoms with E-state index >= 15 is 0 Å². The van der Waals surface area contributed by atoms with Crippen molar-refractivity contribution in [3.8, 4) is 0 Å². The predicted molar refractivity (Wildman–Crippen MR) is 72.1 cm³/mol. The molecule has 1 aromatic rings. The number of aliphatic hydroxyl groups is 1. The molecule has 5 heteroatoms. The second-order valence-corrected chi connectivity index (χ2v) is 5.30. The van der Waals surface area contributed by atoms with Crippen LogP contribution in [0.4, 0.5) is 4.79 Å². The minimum Gasteiger partial charge on any atom is -0.445 e. The van der Waals surface area contributed by atoms with Gasteiger partial charge in [-0.3, -0.25) is 0 Å². The molecule has 0 unspecified atom stereocenters. The standard InChI is InChI=1S/C15H19NO4/c17-9-14-13-8-12(20-14)6-7-16(13)15(18)19-10-11-4-2-1-3-5-11/h1-5,12-14,17H,6-10H2/t12-,13+,14+/m0/s1. The fraction of sp³-hybridized carbons (Fsp3) is 0.533. The number of nitrogens with zero attached hydrogens (tertiary/aromatic N) is 1. The fourth-order valence-electron chi connectivity index (χ4n) is 2.97. The van der Waals surface area contributed by atoms with Crippen molar-refractivity contribution in [1.82, 2.24) is 4.90 Å². The molecule has 2 saturated heterocycles. The zero-order valence-electron chi connectivity index (χ0n) is 11.3. The Hall–Kier alpha value is -1.59. The third kappa shape index (κ3) is 2.64. The zero-order valence-corrected chi connectivity index (χ0v) is 11.3. The maximum atomic E-state index is 12.2. The normalized spacial score (nSPS) is 28.4. The van der Waals surface area contributed by atoms with Crippen LogP contribution in [-0.2, 0) is 16.1 Å². The van der Waals surface area contributed by atoms with Gasteiger partial charge in [-0.2, -0.15) is 0 Å². The van der Waals surface area contributed by atoms with Crippen LogP contribution in [0.15, 0.2) is 30.3 Å². The van der Waals surface area contributed by atoms with Crippen molar-refractivity contribution in [3.63, 3.8) is 0 Å². The summed E-state index contributed by atoms with van der Waals surface area (Å²) in [6.07, 6.45) is 1.20. The van der Waals surface area contributed by atoms with Gasteiger partial charge in [0.1, 0.15) is 12.7 Å². The first kappa shape index (κ1) is 13.4. The molecule has 1 amide bonds. The maximum Gasteiger partial charge on any atom is 0.410 e. The number of hydrogen-bond acceptors (Lipinski definition) is 4. The minimum atomic E-state index is -0.318. The number of aliphatic hydroxyl groups excluding tert-OH is 1. The Morgan fingerprint density at radius 3 is 2.95 bits per heavy atom. The Balaban J connectivity index is 1.59. The van der Waals surface area contributed by atoms with Gasteiger partial charge in [-0.25, -0.2) is 4.79 Å². The Morgan fingerprint density at radius 1 is 1.40 bits per heavy atom. The van der Waals surface area contributed by atoms with E-state index < -0.39 is 0 Å². The number of amides is 1. The average Bonchev–Trinajstić information content (AvgIpc) is 2.82. The third-order valence-electron chi connectivity index (χ3n) is 4.01. The predicted octanol–water partition coefficient (Wildman–Crippen LogP) is 1.55. The first-order valence-corrected chi connectivity index (χ1v) is 7.01. The van der Waals surface area contributed by atoms with Crippen LogP contribution < -0.4 is 0 Å². The van der Waals surface area contributed by atoms with E-state index in [0.29, 0.717) is 6.54 Å². The Morgan fingerprint density at radius 2 is 2.20 bits per heavy atom. The number of carbonyl (C=O) groups is 1. The topological polar surface area (TPSA) is 59.0 Å². The third-order valence-corrected chi connectivity index (χ3v) is 4.01. The summed E-state index contributed by atoms with van der Waals surface area (Å²) in [6.45, 7) is 0.861. The summed E-state index contributed by atoms with van der Waals surface area (Å²) in [5.41, 5.74) is 0.970. The largest absolute Gasteiger partial charge is 0.445 e. The number of ether oxygens (including phenoxy) is 2. The van der Waals surface area contributed by atoms with Crippen LogP contribution in [0, 0.1) is 0 Å². The van der Waals surface area contributed by atoms with Crippen LogP contribution >= 0.6 is 0 Å². The number of fused-ring (bicyclic) bond motifs is 2. The molecule has 3 atom stereocenters. The molecule has 5 nitrogen and oxygen atoms in total. The summed E-state index contributed by atoms with van der Waals surface area (Å²) < 4.78 is 11.0. The molecule has 3 rings (SSSR count). The first-order valence-electron chi connectivity index (χ1n) is 7.01. The van der Waals surface area contributed by atoms with Crippen molar-refractivity contribution in [2.24, 2.45) is 0 Å². The van der Waals surface area contributed by atoms with Crippen LogP contribution in [-0.4, -0.2) is 47.5 Å². The number of benzene rings is 1. The number of rotatable bonds is 3. The van der Waals surface area contributed by atoms with Crippen molar-refractivity contribution in [1.29, 1.82) is 0 Å². The maximum absolute atomic E-state index is 12.2. The molecule has 2 bridgehead atoms. The Bertz CT molecular complexity index is 464.